The number of aliphatic carboxylic acids is 1. The highest BCUT2D eigenvalue weighted by atomic mass is 16.6. The van der Waals surface area contributed by atoms with Crippen molar-refractivity contribution >= 4 is 12.1 Å². The highest BCUT2D eigenvalue weighted by Crippen LogP contribution is 2.27. The van der Waals surface area contributed by atoms with Gasteiger partial charge < -0.3 is 14.7 Å². The molecule has 0 radical (unpaired) electrons. The van der Waals surface area contributed by atoms with Crippen LogP contribution in [-0.4, -0.2) is 35.2 Å². The molecule has 5 heteroatoms. The lowest BCUT2D eigenvalue weighted by Crippen LogP contribution is -2.43. The van der Waals surface area contributed by atoms with Crippen molar-refractivity contribution in [3.63, 3.8) is 0 Å². The summed E-state index contributed by atoms with van der Waals surface area (Å²) in [4.78, 5) is 25.1. The van der Waals surface area contributed by atoms with Gasteiger partial charge in [-0.15, -0.1) is 0 Å². The van der Waals surface area contributed by atoms with Crippen LogP contribution in [0.5, 0.6) is 0 Å². The van der Waals surface area contributed by atoms with Gasteiger partial charge in [0.15, 0.2) is 0 Å². The largest absolute Gasteiger partial charge is 0.481 e. The highest BCUT2D eigenvalue weighted by Gasteiger charge is 2.32. The molecule has 1 aliphatic rings. The molecule has 1 aromatic rings. The monoisotopic (exact) mass is 305 g/mol. The molecule has 120 valence electrons. The van der Waals surface area contributed by atoms with Crippen molar-refractivity contribution in [1.29, 1.82) is 0 Å². The van der Waals surface area contributed by atoms with Crippen LogP contribution in [0, 0.1) is 11.8 Å². The van der Waals surface area contributed by atoms with Crippen LogP contribution in [0.1, 0.15) is 31.7 Å². The van der Waals surface area contributed by atoms with Crippen LogP contribution in [-0.2, 0) is 16.1 Å². The fourth-order valence-electron chi connectivity index (χ4n) is 3.02. The Kier molecular flexibility index (Phi) is 5.81. The molecule has 0 aromatic heterocycles. The molecule has 0 saturated carbocycles. The molecule has 0 aliphatic carbocycles. The van der Waals surface area contributed by atoms with E-state index in [1.165, 1.54) is 0 Å². The fourth-order valence-corrected chi connectivity index (χ4v) is 3.02. The number of hydrogen-bond donors (Lipinski definition) is 1. The molecule has 5 nitrogen and oxygen atoms in total. The van der Waals surface area contributed by atoms with E-state index in [1.807, 2.05) is 37.3 Å². The van der Waals surface area contributed by atoms with E-state index in [-0.39, 0.29) is 24.5 Å². The Balaban J connectivity index is 1.88. The van der Waals surface area contributed by atoms with Crippen LogP contribution < -0.4 is 0 Å². The third-order valence-electron chi connectivity index (χ3n) is 4.25. The van der Waals surface area contributed by atoms with E-state index in [0.717, 1.165) is 18.4 Å². The first-order chi connectivity index (χ1) is 10.6. The van der Waals surface area contributed by atoms with E-state index in [9.17, 15) is 14.7 Å². The van der Waals surface area contributed by atoms with E-state index < -0.39 is 5.97 Å². The first-order valence-corrected chi connectivity index (χ1v) is 7.80. The standard InChI is InChI=1S/C17H23NO4/c1-2-15(16(19)20)14-9-6-10-18(11-14)17(21)22-12-13-7-4-3-5-8-13/h3-5,7-8,14-15H,2,6,9-12H2,1H3,(H,19,20). The molecule has 1 fully saturated rings. The Hall–Kier alpha value is -2.04. The second kappa shape index (κ2) is 7.82. The van der Waals surface area contributed by atoms with Crippen LogP contribution in [0.15, 0.2) is 30.3 Å². The number of hydrogen-bond acceptors (Lipinski definition) is 3. The Morgan fingerprint density at radius 2 is 2.09 bits per heavy atom. The summed E-state index contributed by atoms with van der Waals surface area (Å²) in [5.74, 6) is -1.14. The van der Waals surface area contributed by atoms with Gasteiger partial charge in [0.2, 0.25) is 0 Å². The minimum atomic E-state index is -0.771. The minimum absolute atomic E-state index is 0.0144. The summed E-state index contributed by atoms with van der Waals surface area (Å²) in [6.45, 7) is 3.24. The predicted molar refractivity (Wildman–Crippen MR) is 82.3 cm³/mol. The number of amides is 1. The smallest absolute Gasteiger partial charge is 0.410 e. The Morgan fingerprint density at radius 1 is 1.36 bits per heavy atom. The average Bonchev–Trinajstić information content (AvgIpc) is 2.54. The summed E-state index contributed by atoms with van der Waals surface area (Å²) < 4.78 is 5.33. The molecule has 1 heterocycles. The van der Waals surface area contributed by atoms with Gasteiger partial charge in [-0.3, -0.25) is 4.79 Å². The molecule has 2 unspecified atom stereocenters. The Morgan fingerprint density at radius 3 is 2.73 bits per heavy atom. The number of rotatable bonds is 5. The highest BCUT2D eigenvalue weighted by molar-refractivity contribution is 5.71. The number of ether oxygens (including phenoxy) is 1. The van der Waals surface area contributed by atoms with Gasteiger partial charge in [-0.1, -0.05) is 37.3 Å². The summed E-state index contributed by atoms with van der Waals surface area (Å²) >= 11 is 0. The van der Waals surface area contributed by atoms with Crippen LogP contribution in [0.3, 0.4) is 0 Å². The van der Waals surface area contributed by atoms with Crippen molar-refractivity contribution in [2.45, 2.75) is 32.8 Å². The topological polar surface area (TPSA) is 66.8 Å². The van der Waals surface area contributed by atoms with Gasteiger partial charge in [0.1, 0.15) is 6.61 Å². The summed E-state index contributed by atoms with van der Waals surface area (Å²) in [6.07, 6.45) is 1.92. The lowest BCUT2D eigenvalue weighted by Gasteiger charge is -2.34. The van der Waals surface area contributed by atoms with Crippen molar-refractivity contribution in [3.8, 4) is 0 Å². The van der Waals surface area contributed by atoms with Crippen molar-refractivity contribution < 1.29 is 19.4 Å². The number of carbonyl (C=O) groups excluding carboxylic acids is 1. The maximum absolute atomic E-state index is 12.2. The van der Waals surface area contributed by atoms with E-state index in [1.54, 1.807) is 4.90 Å². The number of nitrogens with zero attached hydrogens (tertiary/aromatic N) is 1. The van der Waals surface area contributed by atoms with Gasteiger partial charge in [0.05, 0.1) is 5.92 Å². The Labute approximate surface area is 130 Å². The summed E-state index contributed by atoms with van der Waals surface area (Å²) in [7, 11) is 0. The van der Waals surface area contributed by atoms with Crippen LogP contribution in [0.2, 0.25) is 0 Å². The first kappa shape index (κ1) is 16.3. The molecule has 1 aliphatic heterocycles. The van der Waals surface area contributed by atoms with Crippen molar-refractivity contribution in [3.05, 3.63) is 35.9 Å². The summed E-state index contributed by atoms with van der Waals surface area (Å²) in [5, 5.41) is 9.27. The number of benzene rings is 1. The quantitative estimate of drug-likeness (QED) is 0.907. The molecule has 2 atom stereocenters. The zero-order valence-electron chi connectivity index (χ0n) is 12.9. The van der Waals surface area contributed by atoms with Gasteiger partial charge in [-0.05, 0) is 30.7 Å². The van der Waals surface area contributed by atoms with Crippen molar-refractivity contribution in [2.75, 3.05) is 13.1 Å². The summed E-state index contributed by atoms with van der Waals surface area (Å²) in [6, 6.07) is 9.53. The minimum Gasteiger partial charge on any atom is -0.481 e. The molecule has 2 rings (SSSR count). The number of carboxylic acid groups (broad SMARTS) is 1. The van der Waals surface area contributed by atoms with Crippen LogP contribution in [0.25, 0.3) is 0 Å². The zero-order chi connectivity index (χ0) is 15.9. The average molecular weight is 305 g/mol. The van der Waals surface area contributed by atoms with Crippen molar-refractivity contribution in [2.24, 2.45) is 11.8 Å². The SMILES string of the molecule is CCC(C(=O)O)C1CCCN(C(=O)OCc2ccccc2)C1. The molecule has 1 saturated heterocycles. The van der Waals surface area contributed by atoms with E-state index in [2.05, 4.69) is 0 Å². The number of carbonyl (C=O) groups is 2. The number of carboxylic acids is 1. The molecule has 1 aromatic carbocycles. The van der Waals surface area contributed by atoms with E-state index in [4.69, 9.17) is 4.74 Å². The lowest BCUT2D eigenvalue weighted by molar-refractivity contribution is -0.144. The molecule has 1 N–H and O–H groups in total. The normalized spacial score (nSPS) is 19.5. The summed E-state index contributed by atoms with van der Waals surface area (Å²) in [5.41, 5.74) is 0.946. The first-order valence-electron chi connectivity index (χ1n) is 7.80. The van der Waals surface area contributed by atoms with Crippen LogP contribution in [0.4, 0.5) is 4.79 Å². The van der Waals surface area contributed by atoms with Gasteiger partial charge in [-0.2, -0.15) is 0 Å². The second-order valence-electron chi connectivity index (χ2n) is 5.74. The predicted octanol–water partition coefficient (Wildman–Crippen LogP) is 3.15. The van der Waals surface area contributed by atoms with E-state index in [0.29, 0.717) is 19.5 Å². The molecule has 0 spiro atoms. The third kappa shape index (κ3) is 4.23. The fraction of sp³-hybridized carbons (Fsp3) is 0.529. The van der Waals surface area contributed by atoms with Gasteiger partial charge in [0, 0.05) is 13.1 Å². The van der Waals surface area contributed by atoms with Gasteiger partial charge >= 0.3 is 12.1 Å². The molecular formula is C17H23NO4. The maximum Gasteiger partial charge on any atom is 0.410 e. The second-order valence-corrected chi connectivity index (χ2v) is 5.74. The molecular weight excluding hydrogens is 282 g/mol. The molecule has 0 bridgehead atoms. The zero-order valence-corrected chi connectivity index (χ0v) is 12.9. The third-order valence-corrected chi connectivity index (χ3v) is 4.25. The molecule has 1 amide bonds. The Bertz CT molecular complexity index is 503. The van der Waals surface area contributed by atoms with Gasteiger partial charge in [-0.25, -0.2) is 4.79 Å². The number of likely N-dealkylation sites (tertiary alicyclic amines) is 1. The maximum atomic E-state index is 12.2. The molecule has 22 heavy (non-hydrogen) atoms. The lowest BCUT2D eigenvalue weighted by atomic mass is 9.84. The number of piperidine rings is 1. The van der Waals surface area contributed by atoms with Crippen molar-refractivity contribution in [1.82, 2.24) is 4.90 Å². The van der Waals surface area contributed by atoms with Gasteiger partial charge in [0.25, 0.3) is 0 Å². The van der Waals surface area contributed by atoms with E-state index >= 15 is 0 Å². The van der Waals surface area contributed by atoms with Crippen LogP contribution >= 0.6 is 0 Å².